The molecule has 6 nitrogen and oxygen atoms in total. The average Bonchev–Trinajstić information content (AvgIpc) is 2.75. The van der Waals surface area contributed by atoms with E-state index in [1.807, 2.05) is 0 Å². The van der Waals surface area contributed by atoms with Crippen molar-refractivity contribution in [1.29, 1.82) is 0 Å². The van der Waals surface area contributed by atoms with Crippen LogP contribution in [0.1, 0.15) is 6.42 Å². The summed E-state index contributed by atoms with van der Waals surface area (Å²) in [7, 11) is -1.47. The molecule has 8 heteroatoms. The number of benzene rings is 1. The highest BCUT2D eigenvalue weighted by molar-refractivity contribution is 7.91. The summed E-state index contributed by atoms with van der Waals surface area (Å²) in [4.78, 5) is 11.8. The van der Waals surface area contributed by atoms with Crippen LogP contribution in [0.4, 0.5) is 5.69 Å². The predicted molar refractivity (Wildman–Crippen MR) is 81.7 cm³/mol. The highest BCUT2D eigenvalue weighted by Gasteiger charge is 2.28. The van der Waals surface area contributed by atoms with Crippen LogP contribution in [0.2, 0.25) is 5.02 Å². The van der Waals surface area contributed by atoms with Crippen molar-refractivity contribution in [2.24, 2.45) is 0 Å². The van der Waals surface area contributed by atoms with Gasteiger partial charge in [-0.25, -0.2) is 8.42 Å². The minimum atomic E-state index is -3.00. The summed E-state index contributed by atoms with van der Waals surface area (Å²) < 4.78 is 27.8. The van der Waals surface area contributed by atoms with Gasteiger partial charge in [0, 0.05) is 11.1 Å². The SMILES string of the molecule is COc1ccc(Cl)cc1NCC(=O)NC1CCS(=O)(=O)C1. The van der Waals surface area contributed by atoms with E-state index in [1.165, 1.54) is 7.11 Å². The number of ether oxygens (including phenoxy) is 1. The molecule has 1 saturated heterocycles. The van der Waals surface area contributed by atoms with Crippen LogP contribution in [0.3, 0.4) is 0 Å². The minimum Gasteiger partial charge on any atom is -0.495 e. The maximum absolute atomic E-state index is 11.8. The second kappa shape index (κ2) is 6.53. The summed E-state index contributed by atoms with van der Waals surface area (Å²) in [5, 5.41) is 6.16. The summed E-state index contributed by atoms with van der Waals surface area (Å²) in [6.45, 7) is 0.0211. The number of halogens is 1. The van der Waals surface area contributed by atoms with E-state index in [4.69, 9.17) is 16.3 Å². The molecule has 0 aromatic heterocycles. The van der Waals surface area contributed by atoms with Gasteiger partial charge in [0.2, 0.25) is 5.91 Å². The van der Waals surface area contributed by atoms with Gasteiger partial charge in [-0.3, -0.25) is 4.79 Å². The number of carbonyl (C=O) groups excluding carboxylic acids is 1. The summed E-state index contributed by atoms with van der Waals surface area (Å²) in [6.07, 6.45) is 0.467. The first-order valence-electron chi connectivity index (χ1n) is 6.47. The lowest BCUT2D eigenvalue weighted by Gasteiger charge is -2.14. The van der Waals surface area contributed by atoms with E-state index in [2.05, 4.69) is 10.6 Å². The van der Waals surface area contributed by atoms with E-state index in [9.17, 15) is 13.2 Å². The van der Waals surface area contributed by atoms with Gasteiger partial charge in [0.15, 0.2) is 9.84 Å². The first-order valence-corrected chi connectivity index (χ1v) is 8.67. The summed E-state index contributed by atoms with van der Waals surface area (Å²) in [5.74, 6) is 0.460. The number of rotatable bonds is 5. The molecule has 2 N–H and O–H groups in total. The van der Waals surface area contributed by atoms with Crippen LogP contribution >= 0.6 is 11.6 Å². The van der Waals surface area contributed by atoms with Gasteiger partial charge in [-0.15, -0.1) is 0 Å². The van der Waals surface area contributed by atoms with Gasteiger partial charge in [-0.2, -0.15) is 0 Å². The van der Waals surface area contributed by atoms with E-state index >= 15 is 0 Å². The molecule has 1 heterocycles. The van der Waals surface area contributed by atoms with Gasteiger partial charge < -0.3 is 15.4 Å². The van der Waals surface area contributed by atoms with Crippen molar-refractivity contribution in [2.45, 2.75) is 12.5 Å². The Bertz CT molecular complexity index is 633. The van der Waals surface area contributed by atoms with Crippen molar-refractivity contribution in [3.05, 3.63) is 23.2 Å². The van der Waals surface area contributed by atoms with Gasteiger partial charge in [0.1, 0.15) is 5.75 Å². The number of methoxy groups -OCH3 is 1. The Morgan fingerprint density at radius 3 is 2.86 bits per heavy atom. The molecule has 2 rings (SSSR count). The van der Waals surface area contributed by atoms with Crippen molar-refractivity contribution in [1.82, 2.24) is 5.32 Å². The molecule has 1 amide bonds. The molecule has 116 valence electrons. The third kappa shape index (κ3) is 4.50. The maximum Gasteiger partial charge on any atom is 0.239 e. The number of amides is 1. The molecule has 21 heavy (non-hydrogen) atoms. The van der Waals surface area contributed by atoms with E-state index in [0.29, 0.717) is 22.9 Å². The standard InChI is InChI=1S/C13H17ClN2O4S/c1-20-12-3-2-9(14)6-11(12)15-7-13(17)16-10-4-5-21(18,19)8-10/h2-3,6,10,15H,4-5,7-8H2,1H3,(H,16,17). The molecular formula is C13H17ClN2O4S. The quantitative estimate of drug-likeness (QED) is 0.842. The fraction of sp³-hybridized carbons (Fsp3) is 0.462. The lowest BCUT2D eigenvalue weighted by atomic mass is 10.2. The number of nitrogens with one attached hydrogen (secondary N) is 2. The minimum absolute atomic E-state index is 0.0131. The molecule has 1 aromatic carbocycles. The number of carbonyl (C=O) groups is 1. The fourth-order valence-electron chi connectivity index (χ4n) is 2.18. The van der Waals surface area contributed by atoms with Crippen LogP contribution in [0, 0.1) is 0 Å². The van der Waals surface area contributed by atoms with Gasteiger partial charge in [-0.1, -0.05) is 11.6 Å². The van der Waals surface area contributed by atoms with Gasteiger partial charge in [-0.05, 0) is 24.6 Å². The predicted octanol–water partition coefficient (Wildman–Crippen LogP) is 1.06. The molecule has 1 fully saturated rings. The molecule has 1 aliphatic heterocycles. The van der Waals surface area contributed by atoms with Crippen LogP contribution in [-0.2, 0) is 14.6 Å². The Kier molecular flexibility index (Phi) is 4.95. The Balaban J connectivity index is 1.88. The zero-order valence-electron chi connectivity index (χ0n) is 11.6. The molecular weight excluding hydrogens is 316 g/mol. The van der Waals surface area contributed by atoms with Crippen LogP contribution in [-0.4, -0.2) is 45.5 Å². The van der Waals surface area contributed by atoms with Crippen molar-refractivity contribution in [3.63, 3.8) is 0 Å². The van der Waals surface area contributed by atoms with Crippen LogP contribution < -0.4 is 15.4 Å². The fourth-order valence-corrected chi connectivity index (χ4v) is 4.03. The molecule has 0 saturated carbocycles. The van der Waals surface area contributed by atoms with Crippen molar-refractivity contribution >= 4 is 33.0 Å². The highest BCUT2D eigenvalue weighted by Crippen LogP contribution is 2.27. The highest BCUT2D eigenvalue weighted by atomic mass is 35.5. The molecule has 1 unspecified atom stereocenters. The topological polar surface area (TPSA) is 84.5 Å². The maximum atomic E-state index is 11.8. The Morgan fingerprint density at radius 1 is 1.48 bits per heavy atom. The first-order chi connectivity index (χ1) is 9.89. The normalized spacial score (nSPS) is 20.0. The average molecular weight is 333 g/mol. The van der Waals surface area contributed by atoms with E-state index in [0.717, 1.165) is 0 Å². The van der Waals surface area contributed by atoms with Crippen molar-refractivity contribution in [2.75, 3.05) is 30.5 Å². The van der Waals surface area contributed by atoms with E-state index < -0.39 is 9.84 Å². The number of hydrogen-bond acceptors (Lipinski definition) is 5. The van der Waals surface area contributed by atoms with Gasteiger partial charge in [0.05, 0.1) is 30.8 Å². The number of anilines is 1. The Morgan fingerprint density at radius 2 is 2.24 bits per heavy atom. The van der Waals surface area contributed by atoms with Gasteiger partial charge >= 0.3 is 0 Å². The first kappa shape index (κ1) is 15.9. The number of sulfone groups is 1. The summed E-state index contributed by atoms with van der Waals surface area (Å²) in [6, 6.07) is 4.75. The van der Waals surface area contributed by atoms with Crippen LogP contribution in [0.25, 0.3) is 0 Å². The Hall–Kier alpha value is -1.47. The lowest BCUT2D eigenvalue weighted by molar-refractivity contribution is -0.119. The van der Waals surface area contributed by atoms with Gasteiger partial charge in [0.25, 0.3) is 0 Å². The van der Waals surface area contributed by atoms with E-state index in [-0.39, 0.29) is 30.0 Å². The molecule has 0 spiro atoms. The zero-order chi connectivity index (χ0) is 15.5. The second-order valence-corrected chi connectivity index (χ2v) is 7.53. The van der Waals surface area contributed by atoms with E-state index in [1.54, 1.807) is 18.2 Å². The monoisotopic (exact) mass is 332 g/mol. The van der Waals surface area contributed by atoms with Crippen molar-refractivity contribution in [3.8, 4) is 5.75 Å². The summed E-state index contributed by atoms with van der Waals surface area (Å²) in [5.41, 5.74) is 0.610. The van der Waals surface area contributed by atoms with Crippen LogP contribution in [0.5, 0.6) is 5.75 Å². The smallest absolute Gasteiger partial charge is 0.239 e. The van der Waals surface area contributed by atoms with Crippen LogP contribution in [0.15, 0.2) is 18.2 Å². The largest absolute Gasteiger partial charge is 0.495 e. The number of hydrogen-bond donors (Lipinski definition) is 2. The molecule has 1 aliphatic rings. The molecule has 1 aromatic rings. The third-order valence-corrected chi connectivity index (χ3v) is 5.20. The molecule has 0 radical (unpaired) electrons. The molecule has 0 bridgehead atoms. The lowest BCUT2D eigenvalue weighted by Crippen LogP contribution is -2.39. The Labute approximate surface area is 128 Å². The molecule has 0 aliphatic carbocycles. The molecule has 1 atom stereocenters. The summed E-state index contributed by atoms with van der Waals surface area (Å²) >= 11 is 5.90. The van der Waals surface area contributed by atoms with Crippen molar-refractivity contribution < 1.29 is 17.9 Å². The second-order valence-electron chi connectivity index (χ2n) is 4.87. The third-order valence-electron chi connectivity index (χ3n) is 3.20. The zero-order valence-corrected chi connectivity index (χ0v) is 13.1.